The van der Waals surface area contributed by atoms with Crippen LogP contribution in [0.15, 0.2) is 279 Å². The summed E-state index contributed by atoms with van der Waals surface area (Å²) in [6.45, 7) is 3.12. The van der Waals surface area contributed by atoms with Crippen molar-refractivity contribution in [2.75, 3.05) is 39.3 Å². The molecule has 0 radical (unpaired) electrons. The first-order chi connectivity index (χ1) is 50.6. The number of hydrogen-bond donors (Lipinski definition) is 6. The molecule has 0 heterocycles. The molecular weight excluding hydrogens is 1320 g/mol. The monoisotopic (exact) mass is 1410 g/mol. The highest BCUT2D eigenvalue weighted by atomic mass is 19.2. The fourth-order valence-electron chi connectivity index (χ4n) is 12.0. The van der Waals surface area contributed by atoms with E-state index in [1.54, 1.807) is 60.7 Å². The van der Waals surface area contributed by atoms with Gasteiger partial charge in [0.1, 0.15) is 46.5 Å². The van der Waals surface area contributed by atoms with Crippen molar-refractivity contribution in [3.8, 4) is 0 Å². The maximum absolute atomic E-state index is 13.8. The van der Waals surface area contributed by atoms with Gasteiger partial charge in [-0.15, -0.1) is 0 Å². The van der Waals surface area contributed by atoms with Gasteiger partial charge in [-0.25, -0.2) is 35.1 Å². The van der Waals surface area contributed by atoms with Crippen LogP contribution in [0.5, 0.6) is 0 Å². The van der Waals surface area contributed by atoms with Crippen molar-refractivity contribution in [2.45, 2.75) is 77.0 Å². The summed E-state index contributed by atoms with van der Waals surface area (Å²) < 4.78 is 107. The Labute approximate surface area is 608 Å². The molecule has 0 aliphatic heterocycles. The number of nitrogens with two attached hydrogens (primary N) is 6. The lowest BCUT2D eigenvalue weighted by Crippen LogP contribution is -2.07. The second-order valence-corrected chi connectivity index (χ2v) is 24.8. The van der Waals surface area contributed by atoms with Gasteiger partial charge in [-0.3, -0.25) is 0 Å². The first-order valence-electron chi connectivity index (χ1n) is 35.1. The van der Waals surface area contributed by atoms with Crippen molar-refractivity contribution in [1.82, 2.24) is 0 Å². The van der Waals surface area contributed by atoms with E-state index < -0.39 is 0 Å². The Morgan fingerprint density at radius 1 is 0.173 bits per heavy atom. The van der Waals surface area contributed by atoms with Gasteiger partial charge in [0.25, 0.3) is 0 Å². The Bertz CT molecular complexity index is 4410. The lowest BCUT2D eigenvalue weighted by Gasteiger charge is -2.10. The van der Waals surface area contributed by atoms with Gasteiger partial charge in [0.05, 0.1) is 0 Å². The van der Waals surface area contributed by atoms with E-state index in [1.165, 1.54) is 77.4 Å². The minimum Gasteiger partial charge on any atom is -0.330 e. The minimum atomic E-state index is -0.302. The minimum absolute atomic E-state index is 0.139. The van der Waals surface area contributed by atoms with Crippen LogP contribution in [-0.4, -0.2) is 39.3 Å². The van der Waals surface area contributed by atoms with Crippen molar-refractivity contribution in [1.29, 1.82) is 0 Å². The summed E-state index contributed by atoms with van der Waals surface area (Å²) in [5, 5.41) is 0. The van der Waals surface area contributed by atoms with Crippen molar-refractivity contribution >= 4 is 0 Å². The molecule has 0 aliphatic carbocycles. The van der Waals surface area contributed by atoms with Crippen LogP contribution in [-0.2, 0) is 77.0 Å². The van der Waals surface area contributed by atoms with Crippen molar-refractivity contribution < 1.29 is 35.1 Å². The van der Waals surface area contributed by atoms with E-state index in [0.29, 0.717) is 88.9 Å². The van der Waals surface area contributed by atoms with Crippen molar-refractivity contribution in [2.24, 2.45) is 34.4 Å². The zero-order valence-corrected chi connectivity index (χ0v) is 58.8. The second kappa shape index (κ2) is 45.1. The highest BCUT2D eigenvalue weighted by Crippen LogP contribution is 2.25. The first kappa shape index (κ1) is 81.1. The molecule has 12 aromatic carbocycles. The van der Waals surface area contributed by atoms with Gasteiger partial charge in [-0.2, -0.15) is 0 Å². The Morgan fingerprint density at radius 3 is 0.875 bits per heavy atom. The molecule has 0 fully saturated rings. The summed E-state index contributed by atoms with van der Waals surface area (Å²) >= 11 is 0. The summed E-state index contributed by atoms with van der Waals surface area (Å²) in [5.74, 6) is -1.74. The number of benzene rings is 12. The first-order valence-corrected chi connectivity index (χ1v) is 35.1. The van der Waals surface area contributed by atoms with Crippen LogP contribution >= 0.6 is 0 Å². The van der Waals surface area contributed by atoms with E-state index in [2.05, 4.69) is 36.4 Å². The average molecular weight is 1410 g/mol. The zero-order valence-electron chi connectivity index (χ0n) is 58.8. The predicted octanol–water partition coefficient (Wildman–Crippen LogP) is 17.8. The van der Waals surface area contributed by atoms with E-state index in [9.17, 15) is 35.1 Å². The molecule has 12 aromatic rings. The number of hydrogen-bond acceptors (Lipinski definition) is 6. The smallest absolute Gasteiger partial charge is 0.127 e. The summed E-state index contributed by atoms with van der Waals surface area (Å²) in [5.41, 5.74) is 50.6. The van der Waals surface area contributed by atoms with Gasteiger partial charge in [-0.1, -0.05) is 206 Å². The zero-order chi connectivity index (χ0) is 74.3. The van der Waals surface area contributed by atoms with Crippen LogP contribution in [0.1, 0.15) is 100 Å². The maximum Gasteiger partial charge on any atom is 0.127 e. The molecule has 104 heavy (non-hydrogen) atoms. The Hall–Kier alpha value is -10.2. The maximum atomic E-state index is 13.8. The largest absolute Gasteiger partial charge is 0.330 e. The molecular formula is C90H94F8N6. The lowest BCUT2D eigenvalue weighted by molar-refractivity contribution is 0.606. The van der Waals surface area contributed by atoms with Crippen LogP contribution in [0.3, 0.4) is 0 Å². The standard InChI is InChI=1S/2C15H15F2N.4C15H16FN/c16-13-5-1-3-11(9-13)10-14-12(7-8-18)4-2-6-15(14)17;16-13-6-4-11(5-7-13)10-14-12(8-9-18)2-1-3-15(14)17;16-15-8-4-7-13(14(15)9-10-17)11-12-5-2-1-3-6-12;16-15-8-4-7-13(9-10-17)14(15)11-12-5-2-1-3-6-12;16-15-7-6-13(14(11-15)8-9-17)10-12-4-2-1-3-5-12;16-15-7-6-13(8-9-17)14(11-15)10-12-4-2-1-3-5-12/h1-6,9H,7-8,10,18H2;1-7H,8-10,18H2;2*1-8H,9-11,17H2;2*1-7,11H,8-10,17H2. The van der Waals surface area contributed by atoms with E-state index >= 15 is 0 Å². The highest BCUT2D eigenvalue weighted by molar-refractivity contribution is 5.40. The van der Waals surface area contributed by atoms with Gasteiger partial charge in [0.2, 0.25) is 0 Å². The van der Waals surface area contributed by atoms with E-state index in [1.807, 2.05) is 121 Å². The van der Waals surface area contributed by atoms with Crippen LogP contribution in [0.4, 0.5) is 35.1 Å². The fraction of sp³-hybridized carbons (Fsp3) is 0.200. The van der Waals surface area contributed by atoms with Gasteiger partial charge in [-0.05, 0) is 270 Å². The Kier molecular flexibility index (Phi) is 35.1. The van der Waals surface area contributed by atoms with Gasteiger partial charge < -0.3 is 34.4 Å². The Morgan fingerprint density at radius 2 is 0.462 bits per heavy atom. The summed E-state index contributed by atoms with van der Waals surface area (Å²) in [6, 6.07) is 83.0. The van der Waals surface area contributed by atoms with Crippen LogP contribution in [0.2, 0.25) is 0 Å². The van der Waals surface area contributed by atoms with Gasteiger partial charge in [0, 0.05) is 19.3 Å². The predicted molar refractivity (Wildman–Crippen MR) is 410 cm³/mol. The van der Waals surface area contributed by atoms with Crippen LogP contribution in [0, 0.1) is 46.5 Å². The van der Waals surface area contributed by atoms with Gasteiger partial charge in [0.15, 0.2) is 0 Å². The Balaban J connectivity index is 0.000000175. The SMILES string of the molecule is NCCc1c(F)cccc1Cc1ccccc1.NCCc1cc(F)ccc1Cc1ccccc1.NCCc1ccc(F)cc1Cc1ccccc1.NCCc1cccc(F)c1Cc1ccc(F)cc1.NCCc1cccc(F)c1Cc1cccc(F)c1.NCCc1cccc(F)c1Cc1ccccc1. The topological polar surface area (TPSA) is 156 Å². The average Bonchev–Trinajstić information content (AvgIpc) is 0.988. The molecule has 6 nitrogen and oxygen atoms in total. The molecule has 0 atom stereocenters. The summed E-state index contributed by atoms with van der Waals surface area (Å²) in [6.07, 6.45) is 7.93. The van der Waals surface area contributed by atoms with Gasteiger partial charge >= 0.3 is 0 Å². The number of halogens is 8. The molecule has 0 spiro atoms. The third-order valence-electron chi connectivity index (χ3n) is 17.2. The molecule has 0 saturated carbocycles. The third kappa shape index (κ3) is 27.6. The molecule has 12 N–H and O–H groups in total. The normalized spacial score (nSPS) is 10.5. The van der Waals surface area contributed by atoms with Crippen molar-refractivity contribution in [3.63, 3.8) is 0 Å². The fourth-order valence-corrected chi connectivity index (χ4v) is 12.0. The third-order valence-corrected chi connectivity index (χ3v) is 17.2. The van der Waals surface area contributed by atoms with Crippen LogP contribution < -0.4 is 34.4 Å². The molecule has 0 bridgehead atoms. The van der Waals surface area contributed by atoms with E-state index in [0.717, 1.165) is 111 Å². The molecule has 0 unspecified atom stereocenters. The van der Waals surface area contributed by atoms with E-state index in [-0.39, 0.29) is 46.5 Å². The summed E-state index contributed by atoms with van der Waals surface area (Å²) in [4.78, 5) is 0. The summed E-state index contributed by atoms with van der Waals surface area (Å²) in [7, 11) is 0. The molecule has 540 valence electrons. The quantitative estimate of drug-likeness (QED) is 0.0331. The van der Waals surface area contributed by atoms with Crippen LogP contribution in [0.25, 0.3) is 0 Å². The highest BCUT2D eigenvalue weighted by Gasteiger charge is 2.14. The number of rotatable bonds is 24. The van der Waals surface area contributed by atoms with E-state index in [4.69, 9.17) is 34.4 Å². The molecule has 0 aromatic heterocycles. The second-order valence-electron chi connectivity index (χ2n) is 24.8. The lowest BCUT2D eigenvalue weighted by atomic mass is 9.97. The molecule has 14 heteroatoms. The molecule has 12 rings (SSSR count). The molecule has 0 amide bonds. The molecule has 0 aliphatic rings. The molecule has 0 saturated heterocycles. The van der Waals surface area contributed by atoms with Crippen molar-refractivity contribution in [3.05, 3.63) is 426 Å².